The van der Waals surface area contributed by atoms with Crippen LogP contribution in [0.4, 0.5) is 23.3 Å². The highest BCUT2D eigenvalue weighted by Crippen LogP contribution is 2.31. The maximum Gasteiger partial charge on any atom is 0.227 e. The SMILES string of the molecule is COc1cccc(Cc2nc(Nc3ccc(-n4ccnc4C)cc3)nc3c2CN(C(C)=O)CC3)c1.COc1cccc(Cc2nc(Nc3ccc(-n4cnc(C)c4)c(OC)c3)nc3c2CN(C(C)=O)CC3)c1. The highest BCUT2D eigenvalue weighted by Gasteiger charge is 2.26. The van der Waals surface area contributed by atoms with E-state index in [9.17, 15) is 9.59 Å². The van der Waals surface area contributed by atoms with Crippen LogP contribution in [0.2, 0.25) is 0 Å². The van der Waals surface area contributed by atoms with Crippen molar-refractivity contribution in [1.29, 1.82) is 0 Å². The van der Waals surface area contributed by atoms with Crippen LogP contribution in [0.15, 0.2) is 116 Å². The quantitative estimate of drug-likeness (QED) is 0.113. The Morgan fingerprint density at radius 3 is 1.68 bits per heavy atom. The summed E-state index contributed by atoms with van der Waals surface area (Å²) < 4.78 is 20.4. The number of anilines is 4. The zero-order chi connectivity index (χ0) is 50.3. The summed E-state index contributed by atoms with van der Waals surface area (Å²) in [6.07, 6.45) is 10.1. The van der Waals surface area contributed by atoms with E-state index in [2.05, 4.69) is 32.7 Å². The zero-order valence-corrected chi connectivity index (χ0v) is 41.6. The Labute approximate surface area is 418 Å². The summed E-state index contributed by atoms with van der Waals surface area (Å²) in [6, 6.07) is 29.9. The number of nitrogens with one attached hydrogen (secondary N) is 2. The van der Waals surface area contributed by atoms with Crippen LogP contribution in [0.25, 0.3) is 11.4 Å². The number of fused-ring (bicyclic) bond motifs is 2. The number of hydrogen-bond acceptors (Lipinski definition) is 13. The van der Waals surface area contributed by atoms with Crippen LogP contribution in [0.5, 0.6) is 17.2 Å². The number of benzene rings is 4. The fourth-order valence-corrected chi connectivity index (χ4v) is 8.99. The standard InChI is InChI=1S/C28H30N6O3.C27H28N6O2/c1-18-15-34(17-29-18)26-9-8-21(14-27(26)37-4)30-28-31-24-10-11-33(19(2)35)16-23(24)25(32-28)13-20-6-5-7-22(12-20)36-3;1-18-28-12-14-33(18)22-9-7-21(8-10-22)29-27-30-25-11-13-32(19(2)34)17-24(25)26(31-27)16-20-5-4-6-23(15-20)35-3/h5-9,12,14-15,17H,10-11,13,16H2,1-4H3,(H,30,31,32);4-10,12,14-15H,11,13,16-17H2,1-3H3,(H,29,30,31). The molecule has 72 heavy (non-hydrogen) atoms. The third kappa shape index (κ3) is 11.2. The number of hydrogen-bond donors (Lipinski definition) is 2. The maximum absolute atomic E-state index is 12.1. The van der Waals surface area contributed by atoms with Gasteiger partial charge in [0.25, 0.3) is 0 Å². The van der Waals surface area contributed by atoms with Crippen LogP contribution in [-0.2, 0) is 48.4 Å². The lowest BCUT2D eigenvalue weighted by Crippen LogP contribution is -2.35. The van der Waals surface area contributed by atoms with Crippen molar-refractivity contribution in [3.63, 3.8) is 0 Å². The van der Waals surface area contributed by atoms with Crippen molar-refractivity contribution in [2.75, 3.05) is 45.1 Å². The van der Waals surface area contributed by atoms with Gasteiger partial charge in [-0.05, 0) is 85.6 Å². The van der Waals surface area contributed by atoms with Gasteiger partial charge in [-0.1, -0.05) is 24.3 Å². The van der Waals surface area contributed by atoms with E-state index in [0.29, 0.717) is 69.5 Å². The predicted molar refractivity (Wildman–Crippen MR) is 275 cm³/mol. The van der Waals surface area contributed by atoms with Crippen LogP contribution in [0.1, 0.15) is 70.4 Å². The van der Waals surface area contributed by atoms with Crippen LogP contribution < -0.4 is 24.8 Å². The summed E-state index contributed by atoms with van der Waals surface area (Å²) in [4.78, 5) is 55.9. The Kier molecular flexibility index (Phi) is 14.5. The molecule has 0 bridgehead atoms. The number of amides is 2. The van der Waals surface area contributed by atoms with Gasteiger partial charge in [-0.2, -0.15) is 0 Å². The minimum Gasteiger partial charge on any atom is -0.497 e. The molecule has 10 rings (SSSR count). The molecule has 17 heteroatoms. The van der Waals surface area contributed by atoms with Gasteiger partial charge in [-0.15, -0.1) is 0 Å². The minimum absolute atomic E-state index is 0.0560. The van der Waals surface area contributed by atoms with Gasteiger partial charge in [0.05, 0.1) is 61.8 Å². The second-order valence-corrected chi connectivity index (χ2v) is 17.7. The van der Waals surface area contributed by atoms with Crippen molar-refractivity contribution in [2.45, 2.75) is 66.5 Å². The molecule has 6 heterocycles. The van der Waals surface area contributed by atoms with Gasteiger partial charge < -0.3 is 43.8 Å². The fraction of sp³-hybridized carbons (Fsp3) is 0.273. The molecule has 2 aliphatic heterocycles. The van der Waals surface area contributed by atoms with Crippen LogP contribution in [0, 0.1) is 13.8 Å². The number of carbonyl (C=O) groups excluding carboxylic acids is 2. The third-order valence-electron chi connectivity index (χ3n) is 12.8. The molecule has 368 valence electrons. The molecule has 2 aliphatic rings. The predicted octanol–water partition coefficient (Wildman–Crippen LogP) is 8.45. The molecule has 0 spiro atoms. The minimum atomic E-state index is 0.0560. The average molecular weight is 967 g/mol. The number of carbonyl (C=O) groups is 2. The molecule has 4 aromatic carbocycles. The molecule has 0 fully saturated rings. The molecule has 4 aromatic heterocycles. The Hall–Kier alpha value is -8.60. The van der Waals surface area contributed by atoms with Gasteiger partial charge in [0.2, 0.25) is 23.7 Å². The van der Waals surface area contributed by atoms with Crippen molar-refractivity contribution >= 4 is 35.1 Å². The van der Waals surface area contributed by atoms with E-state index in [1.165, 1.54) is 0 Å². The van der Waals surface area contributed by atoms with Gasteiger partial charge in [0.15, 0.2) is 0 Å². The second kappa shape index (κ2) is 21.6. The van der Waals surface area contributed by atoms with E-state index in [0.717, 1.165) is 90.8 Å². The molecular formula is C55H58N12O5. The third-order valence-corrected chi connectivity index (χ3v) is 12.8. The lowest BCUT2D eigenvalue weighted by molar-refractivity contribution is -0.130. The molecule has 8 aromatic rings. The van der Waals surface area contributed by atoms with Crippen molar-refractivity contribution in [3.05, 3.63) is 172 Å². The normalized spacial score (nSPS) is 12.8. The van der Waals surface area contributed by atoms with Gasteiger partial charge >= 0.3 is 0 Å². The first-order valence-corrected chi connectivity index (χ1v) is 23.8. The number of methoxy groups -OCH3 is 3. The summed E-state index contributed by atoms with van der Waals surface area (Å²) >= 11 is 0. The Morgan fingerprint density at radius 1 is 0.639 bits per heavy atom. The molecule has 0 aliphatic carbocycles. The smallest absolute Gasteiger partial charge is 0.227 e. The molecular weight excluding hydrogens is 909 g/mol. The molecule has 0 atom stereocenters. The van der Waals surface area contributed by atoms with Crippen molar-refractivity contribution in [3.8, 4) is 28.6 Å². The number of nitrogens with zero attached hydrogens (tertiary/aromatic N) is 10. The number of rotatable bonds is 13. The summed E-state index contributed by atoms with van der Waals surface area (Å²) in [6.45, 7) is 9.49. The zero-order valence-electron chi connectivity index (χ0n) is 41.6. The fourth-order valence-electron chi connectivity index (χ4n) is 8.99. The summed E-state index contributed by atoms with van der Waals surface area (Å²) in [5.41, 5.74) is 12.6. The van der Waals surface area contributed by atoms with Crippen molar-refractivity contribution in [1.82, 2.24) is 48.8 Å². The molecule has 0 radical (unpaired) electrons. The maximum atomic E-state index is 12.1. The lowest BCUT2D eigenvalue weighted by Gasteiger charge is -2.29. The highest BCUT2D eigenvalue weighted by molar-refractivity contribution is 5.74. The molecule has 2 N–H and O–H groups in total. The topological polar surface area (TPSA) is 180 Å². The van der Waals surface area contributed by atoms with Crippen LogP contribution >= 0.6 is 0 Å². The number of imidazole rings is 2. The molecule has 0 saturated carbocycles. The van der Waals surface area contributed by atoms with E-state index in [1.54, 1.807) is 47.7 Å². The second-order valence-electron chi connectivity index (χ2n) is 17.7. The summed E-state index contributed by atoms with van der Waals surface area (Å²) in [7, 11) is 4.97. The Balaban J connectivity index is 0.000000178. The van der Waals surface area contributed by atoms with E-state index < -0.39 is 0 Å². The van der Waals surface area contributed by atoms with Gasteiger partial charge in [-0.25, -0.2) is 29.9 Å². The number of aromatic nitrogens is 8. The summed E-state index contributed by atoms with van der Waals surface area (Å²) in [5.74, 6) is 4.44. The summed E-state index contributed by atoms with van der Waals surface area (Å²) in [5, 5.41) is 6.73. The molecule has 17 nitrogen and oxygen atoms in total. The first-order valence-electron chi connectivity index (χ1n) is 23.8. The van der Waals surface area contributed by atoms with Gasteiger partial charge in [0, 0.05) is 119 Å². The Bertz CT molecular complexity index is 3240. The van der Waals surface area contributed by atoms with E-state index >= 15 is 0 Å². The average Bonchev–Trinajstić information content (AvgIpc) is 4.03. The largest absolute Gasteiger partial charge is 0.497 e. The number of aryl methyl sites for hydroxylation is 2. The van der Waals surface area contributed by atoms with E-state index in [-0.39, 0.29) is 11.8 Å². The molecule has 2 amide bonds. The molecule has 0 unspecified atom stereocenters. The van der Waals surface area contributed by atoms with Crippen molar-refractivity contribution in [2.24, 2.45) is 0 Å². The lowest BCUT2D eigenvalue weighted by atomic mass is 9.99. The van der Waals surface area contributed by atoms with Crippen molar-refractivity contribution < 1.29 is 23.8 Å². The first-order chi connectivity index (χ1) is 34.9. The van der Waals surface area contributed by atoms with Gasteiger partial charge in [0.1, 0.15) is 23.1 Å². The number of ether oxygens (including phenoxy) is 3. The van der Waals surface area contributed by atoms with Gasteiger partial charge in [-0.3, -0.25) is 9.59 Å². The first kappa shape index (κ1) is 48.4. The monoisotopic (exact) mass is 966 g/mol. The Morgan fingerprint density at radius 2 is 1.19 bits per heavy atom. The van der Waals surface area contributed by atoms with Crippen LogP contribution in [0.3, 0.4) is 0 Å². The van der Waals surface area contributed by atoms with E-state index in [1.807, 2.05) is 124 Å². The van der Waals surface area contributed by atoms with Crippen LogP contribution in [-0.4, -0.2) is 95.1 Å². The van der Waals surface area contributed by atoms with E-state index in [4.69, 9.17) is 34.1 Å². The highest BCUT2D eigenvalue weighted by atomic mass is 16.5. The molecule has 0 saturated heterocycles.